The maximum atomic E-state index is 12.7. The number of nitrogens with one attached hydrogen (secondary N) is 1. The molecule has 3 heterocycles. The highest BCUT2D eigenvalue weighted by molar-refractivity contribution is 7.89. The minimum Gasteiger partial charge on any atom is -0.466 e. The highest BCUT2D eigenvalue weighted by Crippen LogP contribution is 2.33. The number of benzene rings is 1. The fraction of sp³-hybridized carbons (Fsp3) is 0.105. The van der Waals surface area contributed by atoms with E-state index in [2.05, 4.69) is 9.82 Å². The van der Waals surface area contributed by atoms with Crippen molar-refractivity contribution >= 4 is 21.4 Å². The molecular formula is C19H17N3O4S2. The second kappa shape index (κ2) is 7.36. The van der Waals surface area contributed by atoms with Crippen LogP contribution in [0.1, 0.15) is 10.6 Å². The van der Waals surface area contributed by atoms with Crippen molar-refractivity contribution in [3.05, 3.63) is 89.3 Å². The highest BCUT2D eigenvalue weighted by Gasteiger charge is 2.37. The number of thiophene rings is 1. The lowest BCUT2D eigenvalue weighted by Gasteiger charge is -2.25. The Balaban J connectivity index is 1.57. The van der Waals surface area contributed by atoms with Crippen LogP contribution < -0.4 is 4.72 Å². The zero-order valence-electron chi connectivity index (χ0n) is 14.6. The van der Waals surface area contributed by atoms with Gasteiger partial charge in [0, 0.05) is 17.3 Å². The van der Waals surface area contributed by atoms with Gasteiger partial charge < -0.3 is 9.52 Å². The van der Waals surface area contributed by atoms with Crippen LogP contribution in [0, 0.1) is 0 Å². The van der Waals surface area contributed by atoms with Crippen molar-refractivity contribution in [2.45, 2.75) is 10.5 Å². The van der Waals surface area contributed by atoms with E-state index in [1.54, 1.807) is 59.5 Å². The molecule has 0 saturated carbocycles. The molecule has 9 heteroatoms. The zero-order chi connectivity index (χ0) is 19.6. The summed E-state index contributed by atoms with van der Waals surface area (Å²) in [6.07, 6.45) is 4.86. The van der Waals surface area contributed by atoms with E-state index >= 15 is 0 Å². The highest BCUT2D eigenvalue weighted by atomic mass is 32.2. The van der Waals surface area contributed by atoms with Crippen LogP contribution in [0.2, 0.25) is 0 Å². The molecule has 1 aromatic carbocycles. The molecule has 3 aromatic heterocycles. The molecule has 0 amide bonds. The Kier molecular flexibility index (Phi) is 4.90. The molecular weight excluding hydrogens is 398 g/mol. The second-order valence-corrected chi connectivity index (χ2v) is 8.80. The van der Waals surface area contributed by atoms with Gasteiger partial charge in [-0.2, -0.15) is 5.10 Å². The van der Waals surface area contributed by atoms with E-state index in [4.69, 9.17) is 4.42 Å². The third-order valence-electron chi connectivity index (χ3n) is 4.29. The minimum atomic E-state index is -3.84. The van der Waals surface area contributed by atoms with Crippen molar-refractivity contribution in [1.29, 1.82) is 0 Å². The van der Waals surface area contributed by atoms with Crippen LogP contribution in [0.3, 0.4) is 0 Å². The quantitative estimate of drug-likeness (QED) is 0.484. The van der Waals surface area contributed by atoms with Crippen molar-refractivity contribution in [3.63, 3.8) is 0 Å². The van der Waals surface area contributed by atoms with Gasteiger partial charge in [0.2, 0.25) is 10.0 Å². The lowest BCUT2D eigenvalue weighted by atomic mass is 9.99. The Hall–Kier alpha value is -2.72. The van der Waals surface area contributed by atoms with Crippen molar-refractivity contribution in [2.24, 2.45) is 0 Å². The molecule has 0 aliphatic carbocycles. The largest absolute Gasteiger partial charge is 0.466 e. The topological polar surface area (TPSA) is 97.4 Å². The van der Waals surface area contributed by atoms with Gasteiger partial charge in [0.25, 0.3) is 0 Å². The fourth-order valence-corrected chi connectivity index (χ4v) is 4.69. The van der Waals surface area contributed by atoms with Gasteiger partial charge in [0.1, 0.15) is 5.76 Å². The monoisotopic (exact) mass is 415 g/mol. The van der Waals surface area contributed by atoms with Crippen LogP contribution in [0.5, 0.6) is 0 Å². The average Bonchev–Trinajstić information content (AvgIpc) is 3.49. The molecule has 0 radical (unpaired) electrons. The van der Waals surface area contributed by atoms with Gasteiger partial charge in [-0.25, -0.2) is 17.8 Å². The molecule has 0 spiro atoms. The minimum absolute atomic E-state index is 0.0939. The molecule has 0 bridgehead atoms. The standard InChI is InChI=1S/C19H17N3O4S2/c23-19(17-4-1-12-26-17,18-5-2-13-27-18)14-21-28(24,25)16-8-6-15(7-9-16)22-11-3-10-20-22/h1-13,21,23H,14H2/t19-/m0/s1. The van der Waals surface area contributed by atoms with Gasteiger partial charge in [-0.3, -0.25) is 0 Å². The predicted octanol–water partition coefficient (Wildman–Crippen LogP) is 2.74. The number of hydrogen-bond acceptors (Lipinski definition) is 6. The van der Waals surface area contributed by atoms with Gasteiger partial charge in [-0.15, -0.1) is 11.3 Å². The molecule has 4 aromatic rings. The number of hydrogen-bond donors (Lipinski definition) is 2. The van der Waals surface area contributed by atoms with Crippen LogP contribution in [0.25, 0.3) is 5.69 Å². The SMILES string of the molecule is O=S(=O)(NC[C@](O)(c1ccco1)c1cccs1)c1ccc(-n2cccn2)cc1. The number of furan rings is 1. The smallest absolute Gasteiger partial charge is 0.240 e. The first-order chi connectivity index (χ1) is 13.5. The van der Waals surface area contributed by atoms with Crippen molar-refractivity contribution < 1.29 is 17.9 Å². The Morgan fingerprint density at radius 1 is 1.14 bits per heavy atom. The molecule has 2 N–H and O–H groups in total. The van der Waals surface area contributed by atoms with E-state index < -0.39 is 15.6 Å². The summed E-state index contributed by atoms with van der Waals surface area (Å²) in [7, 11) is -3.84. The number of aromatic nitrogens is 2. The van der Waals surface area contributed by atoms with Crippen LogP contribution >= 0.6 is 11.3 Å². The van der Waals surface area contributed by atoms with Crippen LogP contribution in [0.15, 0.2) is 87.9 Å². The molecule has 0 fully saturated rings. The number of aliphatic hydroxyl groups is 1. The molecule has 0 aliphatic rings. The summed E-state index contributed by atoms with van der Waals surface area (Å²) in [5, 5.41) is 17.1. The first-order valence-electron chi connectivity index (χ1n) is 8.39. The van der Waals surface area contributed by atoms with Crippen molar-refractivity contribution in [3.8, 4) is 5.69 Å². The summed E-state index contributed by atoms with van der Waals surface area (Å²) >= 11 is 1.32. The molecule has 0 unspecified atom stereocenters. The summed E-state index contributed by atoms with van der Waals surface area (Å²) in [6, 6.07) is 14.9. The first-order valence-corrected chi connectivity index (χ1v) is 10.8. The lowest BCUT2D eigenvalue weighted by Crippen LogP contribution is -2.40. The van der Waals surface area contributed by atoms with Crippen molar-refractivity contribution in [1.82, 2.24) is 14.5 Å². The third-order valence-corrected chi connectivity index (χ3v) is 6.73. The summed E-state index contributed by atoms with van der Waals surface area (Å²) in [5.74, 6) is 0.270. The number of nitrogens with zero attached hydrogens (tertiary/aromatic N) is 2. The molecule has 1 atom stereocenters. The first kappa shape index (κ1) is 18.6. The molecule has 7 nitrogen and oxygen atoms in total. The van der Waals surface area contributed by atoms with Gasteiger partial charge in [-0.05, 0) is 53.9 Å². The van der Waals surface area contributed by atoms with E-state index in [9.17, 15) is 13.5 Å². The fourth-order valence-electron chi connectivity index (χ4n) is 2.81. The number of rotatable bonds is 7. The van der Waals surface area contributed by atoms with E-state index in [1.807, 2.05) is 5.38 Å². The van der Waals surface area contributed by atoms with Gasteiger partial charge in [0.15, 0.2) is 5.60 Å². The predicted molar refractivity (Wildman–Crippen MR) is 105 cm³/mol. The van der Waals surface area contributed by atoms with E-state index in [1.165, 1.54) is 29.7 Å². The second-order valence-electron chi connectivity index (χ2n) is 6.08. The van der Waals surface area contributed by atoms with Gasteiger partial charge in [-0.1, -0.05) is 6.07 Å². The van der Waals surface area contributed by atoms with E-state index in [0.29, 0.717) is 4.88 Å². The van der Waals surface area contributed by atoms with E-state index in [-0.39, 0.29) is 17.2 Å². The summed E-state index contributed by atoms with van der Waals surface area (Å²) in [6.45, 7) is -0.260. The molecule has 28 heavy (non-hydrogen) atoms. The summed E-state index contributed by atoms with van der Waals surface area (Å²) < 4.78 is 35.0. The molecule has 144 valence electrons. The average molecular weight is 415 g/mol. The van der Waals surface area contributed by atoms with Crippen LogP contribution in [0.4, 0.5) is 0 Å². The number of sulfonamides is 1. The molecule has 0 aliphatic heterocycles. The zero-order valence-corrected chi connectivity index (χ0v) is 16.2. The maximum Gasteiger partial charge on any atom is 0.240 e. The van der Waals surface area contributed by atoms with Crippen LogP contribution in [-0.2, 0) is 15.6 Å². The van der Waals surface area contributed by atoms with Gasteiger partial charge >= 0.3 is 0 Å². The maximum absolute atomic E-state index is 12.7. The summed E-state index contributed by atoms with van der Waals surface area (Å²) in [5.41, 5.74) is -0.852. The van der Waals surface area contributed by atoms with Gasteiger partial charge in [0.05, 0.1) is 23.4 Å². The van der Waals surface area contributed by atoms with Crippen LogP contribution in [-0.4, -0.2) is 29.8 Å². The third kappa shape index (κ3) is 3.52. The normalized spacial score (nSPS) is 14.0. The Morgan fingerprint density at radius 2 is 1.96 bits per heavy atom. The Labute approximate surface area is 165 Å². The molecule has 0 saturated heterocycles. The van der Waals surface area contributed by atoms with E-state index in [0.717, 1.165) is 5.69 Å². The lowest BCUT2D eigenvalue weighted by molar-refractivity contribution is 0.0655. The Bertz CT molecular complexity index is 1080. The van der Waals surface area contributed by atoms with Crippen molar-refractivity contribution in [2.75, 3.05) is 6.54 Å². The Morgan fingerprint density at radius 3 is 2.57 bits per heavy atom. The molecule has 4 rings (SSSR count). The summed E-state index contributed by atoms with van der Waals surface area (Å²) in [4.78, 5) is 0.676.